The lowest BCUT2D eigenvalue weighted by atomic mass is 10.0. The van der Waals surface area contributed by atoms with Crippen molar-refractivity contribution in [2.24, 2.45) is 7.05 Å². The summed E-state index contributed by atoms with van der Waals surface area (Å²) < 4.78 is 1.72. The fourth-order valence-electron chi connectivity index (χ4n) is 2.90. The molecule has 2 heterocycles. The quantitative estimate of drug-likeness (QED) is 0.893. The molecule has 1 aliphatic heterocycles. The van der Waals surface area contributed by atoms with Gasteiger partial charge >= 0.3 is 0 Å². The molecule has 0 spiro atoms. The minimum Gasteiger partial charge on any atom is -0.384 e. The van der Waals surface area contributed by atoms with Gasteiger partial charge in [0.05, 0.1) is 5.69 Å². The first-order valence-electron chi connectivity index (χ1n) is 6.86. The Hall–Kier alpha value is -1.81. The molecule has 1 saturated carbocycles. The van der Waals surface area contributed by atoms with Gasteiger partial charge in [-0.15, -0.1) is 0 Å². The second-order valence-electron chi connectivity index (χ2n) is 5.70. The summed E-state index contributed by atoms with van der Waals surface area (Å²) in [5.41, 5.74) is 10.9. The SMILES string of the molecule is Cn1nc(-c2ccc3c(c2)CN(C2CC2)C3)cc1N. The van der Waals surface area contributed by atoms with Gasteiger partial charge in [0.1, 0.15) is 5.82 Å². The molecule has 1 aromatic heterocycles. The molecule has 1 fully saturated rings. The van der Waals surface area contributed by atoms with Gasteiger partial charge in [0.2, 0.25) is 0 Å². The Balaban J connectivity index is 1.67. The fourth-order valence-corrected chi connectivity index (χ4v) is 2.90. The van der Waals surface area contributed by atoms with Gasteiger partial charge in [0.15, 0.2) is 0 Å². The van der Waals surface area contributed by atoms with Crippen LogP contribution < -0.4 is 5.73 Å². The van der Waals surface area contributed by atoms with E-state index < -0.39 is 0 Å². The predicted octanol–water partition coefficient (Wildman–Crippen LogP) is 2.15. The van der Waals surface area contributed by atoms with Crippen molar-refractivity contribution in [2.75, 3.05) is 5.73 Å². The Kier molecular flexibility index (Phi) is 2.23. The summed E-state index contributed by atoms with van der Waals surface area (Å²) in [6.07, 6.45) is 2.75. The van der Waals surface area contributed by atoms with E-state index in [9.17, 15) is 0 Å². The standard InChI is InChI=1S/C15H18N4/c1-18-15(16)7-14(17-18)10-2-3-11-8-19(13-4-5-13)9-12(11)6-10/h2-3,6-7,13H,4-5,8-9,16H2,1H3. The zero-order valence-electron chi connectivity index (χ0n) is 11.1. The number of nitrogens with two attached hydrogens (primary N) is 1. The van der Waals surface area contributed by atoms with Gasteiger partial charge in [-0.3, -0.25) is 9.58 Å². The predicted molar refractivity (Wildman–Crippen MR) is 75.3 cm³/mol. The lowest BCUT2D eigenvalue weighted by Crippen LogP contribution is -2.18. The third kappa shape index (κ3) is 1.83. The van der Waals surface area contributed by atoms with E-state index in [-0.39, 0.29) is 0 Å². The van der Waals surface area contributed by atoms with E-state index in [1.54, 1.807) is 4.68 Å². The molecule has 2 aromatic rings. The van der Waals surface area contributed by atoms with Crippen LogP contribution in [0, 0.1) is 0 Å². The summed E-state index contributed by atoms with van der Waals surface area (Å²) in [7, 11) is 1.88. The number of hydrogen-bond acceptors (Lipinski definition) is 3. The van der Waals surface area contributed by atoms with Crippen molar-refractivity contribution in [3.63, 3.8) is 0 Å². The molecule has 98 valence electrons. The summed E-state index contributed by atoms with van der Waals surface area (Å²) in [5, 5.41) is 4.45. The van der Waals surface area contributed by atoms with Crippen LogP contribution in [-0.2, 0) is 20.1 Å². The summed E-state index contributed by atoms with van der Waals surface area (Å²) in [6, 6.07) is 9.46. The zero-order valence-corrected chi connectivity index (χ0v) is 11.1. The normalized spacial score (nSPS) is 18.8. The third-order valence-electron chi connectivity index (χ3n) is 4.23. The fraction of sp³-hybridized carbons (Fsp3) is 0.400. The highest BCUT2D eigenvalue weighted by Gasteiger charge is 2.32. The van der Waals surface area contributed by atoms with Gasteiger partial charge in [-0.05, 0) is 30.0 Å². The molecular formula is C15H18N4. The molecule has 1 aromatic carbocycles. The number of aromatic nitrogens is 2. The molecule has 0 saturated heterocycles. The van der Waals surface area contributed by atoms with Gasteiger partial charge < -0.3 is 5.73 Å². The van der Waals surface area contributed by atoms with E-state index in [4.69, 9.17) is 5.73 Å². The maximum absolute atomic E-state index is 5.85. The van der Waals surface area contributed by atoms with E-state index in [2.05, 4.69) is 28.2 Å². The molecule has 4 nitrogen and oxygen atoms in total. The van der Waals surface area contributed by atoms with Crippen molar-refractivity contribution in [3.8, 4) is 11.3 Å². The Morgan fingerprint density at radius 3 is 2.63 bits per heavy atom. The average Bonchev–Trinajstić information content (AvgIpc) is 3.08. The van der Waals surface area contributed by atoms with Crippen LogP contribution in [0.15, 0.2) is 24.3 Å². The molecule has 2 N–H and O–H groups in total. The molecule has 4 rings (SSSR count). The lowest BCUT2D eigenvalue weighted by Gasteiger charge is -2.11. The van der Waals surface area contributed by atoms with Gasteiger partial charge in [0.25, 0.3) is 0 Å². The van der Waals surface area contributed by atoms with Crippen LogP contribution >= 0.6 is 0 Å². The highest BCUT2D eigenvalue weighted by atomic mass is 15.3. The van der Waals surface area contributed by atoms with E-state index in [1.165, 1.54) is 29.5 Å². The number of benzene rings is 1. The van der Waals surface area contributed by atoms with Crippen molar-refractivity contribution < 1.29 is 0 Å². The first-order chi connectivity index (χ1) is 9.20. The maximum Gasteiger partial charge on any atom is 0.121 e. The largest absolute Gasteiger partial charge is 0.384 e. The molecule has 0 bridgehead atoms. The van der Waals surface area contributed by atoms with E-state index in [0.29, 0.717) is 5.82 Å². The highest BCUT2D eigenvalue weighted by Crippen LogP contribution is 2.36. The van der Waals surface area contributed by atoms with Gasteiger partial charge in [0, 0.05) is 37.8 Å². The Morgan fingerprint density at radius 2 is 1.95 bits per heavy atom. The minimum atomic E-state index is 0.704. The molecule has 4 heteroatoms. The Morgan fingerprint density at radius 1 is 1.16 bits per heavy atom. The van der Waals surface area contributed by atoms with Crippen LogP contribution in [0.2, 0.25) is 0 Å². The number of nitrogens with zero attached hydrogens (tertiary/aromatic N) is 3. The van der Waals surface area contributed by atoms with Crippen molar-refractivity contribution >= 4 is 5.82 Å². The lowest BCUT2D eigenvalue weighted by molar-refractivity contribution is 0.273. The summed E-state index contributed by atoms with van der Waals surface area (Å²) in [5.74, 6) is 0.704. The maximum atomic E-state index is 5.85. The molecule has 19 heavy (non-hydrogen) atoms. The monoisotopic (exact) mass is 254 g/mol. The summed E-state index contributed by atoms with van der Waals surface area (Å²) >= 11 is 0. The van der Waals surface area contributed by atoms with Gasteiger partial charge in [-0.25, -0.2) is 0 Å². The van der Waals surface area contributed by atoms with Crippen LogP contribution in [0.4, 0.5) is 5.82 Å². The molecule has 0 amide bonds. The first kappa shape index (κ1) is 11.1. The van der Waals surface area contributed by atoms with Crippen LogP contribution in [0.1, 0.15) is 24.0 Å². The number of anilines is 1. The number of rotatable bonds is 2. The third-order valence-corrected chi connectivity index (χ3v) is 4.23. The summed E-state index contributed by atoms with van der Waals surface area (Å²) in [4.78, 5) is 2.58. The van der Waals surface area contributed by atoms with Crippen LogP contribution in [0.25, 0.3) is 11.3 Å². The van der Waals surface area contributed by atoms with Crippen molar-refractivity contribution in [1.29, 1.82) is 0 Å². The molecule has 2 aliphatic rings. The summed E-state index contributed by atoms with van der Waals surface area (Å²) in [6.45, 7) is 2.21. The number of hydrogen-bond donors (Lipinski definition) is 1. The van der Waals surface area contributed by atoms with E-state index in [0.717, 1.165) is 24.8 Å². The topological polar surface area (TPSA) is 47.1 Å². The van der Waals surface area contributed by atoms with Gasteiger partial charge in [-0.2, -0.15) is 5.10 Å². The Labute approximate surface area is 112 Å². The first-order valence-corrected chi connectivity index (χ1v) is 6.86. The second kappa shape index (κ2) is 3.84. The van der Waals surface area contributed by atoms with E-state index in [1.807, 2.05) is 13.1 Å². The van der Waals surface area contributed by atoms with Crippen molar-refractivity contribution in [1.82, 2.24) is 14.7 Å². The van der Waals surface area contributed by atoms with Crippen molar-refractivity contribution in [3.05, 3.63) is 35.4 Å². The highest BCUT2D eigenvalue weighted by molar-refractivity contribution is 5.64. The molecule has 0 unspecified atom stereocenters. The van der Waals surface area contributed by atoms with Crippen LogP contribution in [0.3, 0.4) is 0 Å². The number of nitrogen functional groups attached to an aromatic ring is 1. The zero-order chi connectivity index (χ0) is 13.0. The van der Waals surface area contributed by atoms with Crippen LogP contribution in [-0.4, -0.2) is 20.7 Å². The van der Waals surface area contributed by atoms with Gasteiger partial charge in [-0.1, -0.05) is 12.1 Å². The molecule has 0 radical (unpaired) electrons. The van der Waals surface area contributed by atoms with Crippen molar-refractivity contribution in [2.45, 2.75) is 32.0 Å². The molecule has 1 aliphatic carbocycles. The van der Waals surface area contributed by atoms with E-state index >= 15 is 0 Å². The molecule has 0 atom stereocenters. The molecular weight excluding hydrogens is 236 g/mol. The Bertz CT molecular complexity index is 620. The second-order valence-corrected chi connectivity index (χ2v) is 5.70. The average molecular weight is 254 g/mol. The smallest absolute Gasteiger partial charge is 0.121 e. The number of fused-ring (bicyclic) bond motifs is 1. The minimum absolute atomic E-state index is 0.704. The van der Waals surface area contributed by atoms with Crippen LogP contribution in [0.5, 0.6) is 0 Å². The number of aryl methyl sites for hydroxylation is 1.